The van der Waals surface area contributed by atoms with E-state index in [0.29, 0.717) is 17.2 Å². The molecule has 0 aliphatic heterocycles. The van der Waals surface area contributed by atoms with E-state index in [9.17, 15) is 9.90 Å². The van der Waals surface area contributed by atoms with Gasteiger partial charge < -0.3 is 9.84 Å². The Bertz CT molecular complexity index is 780. The van der Waals surface area contributed by atoms with Crippen molar-refractivity contribution in [2.75, 3.05) is 7.11 Å². The van der Waals surface area contributed by atoms with E-state index in [1.807, 2.05) is 0 Å². The maximum absolute atomic E-state index is 12.2. The average Bonchev–Trinajstić information content (AvgIpc) is 3.15. The first kappa shape index (κ1) is 15.1. The van der Waals surface area contributed by atoms with Crippen LogP contribution in [0.1, 0.15) is 40.7 Å². The molecule has 0 fully saturated rings. The lowest BCUT2D eigenvalue weighted by molar-refractivity contribution is 0.0949. The molecule has 0 saturated heterocycles. The molecule has 0 radical (unpaired) electrons. The molecular weight excluding hydrogens is 296 g/mol. The number of benzene rings is 1. The molecule has 0 spiro atoms. The van der Waals surface area contributed by atoms with Gasteiger partial charge in [-0.1, -0.05) is 0 Å². The lowest BCUT2D eigenvalue weighted by atomic mass is 10.1. The van der Waals surface area contributed by atoms with Crippen LogP contribution in [0.25, 0.3) is 0 Å². The monoisotopic (exact) mass is 314 g/mol. The number of hydrazone groups is 1. The molecule has 3 rings (SSSR count). The first-order chi connectivity index (χ1) is 11.1. The lowest BCUT2D eigenvalue weighted by Crippen LogP contribution is -2.21. The smallest absolute Gasteiger partial charge is 0.292 e. The zero-order valence-electron chi connectivity index (χ0n) is 13.0. The highest BCUT2D eigenvalue weighted by Gasteiger charge is 2.22. The van der Waals surface area contributed by atoms with E-state index in [2.05, 4.69) is 20.7 Å². The number of rotatable bonds is 4. The SMILES string of the molecule is COc1cc(/C(C)=N/NC(=O)c2n[nH]c3c2CCC3)ccc1O. The first-order valence-corrected chi connectivity index (χ1v) is 7.38. The molecule has 1 aliphatic rings. The van der Waals surface area contributed by atoms with E-state index in [1.54, 1.807) is 19.1 Å². The number of carbonyl (C=O) groups excluding carboxylic acids is 1. The Kier molecular flexibility index (Phi) is 4.01. The van der Waals surface area contributed by atoms with Gasteiger partial charge in [0, 0.05) is 16.8 Å². The number of phenols is 1. The lowest BCUT2D eigenvalue weighted by Gasteiger charge is -2.06. The largest absolute Gasteiger partial charge is 0.504 e. The molecule has 3 N–H and O–H groups in total. The number of amides is 1. The number of hydrogen-bond acceptors (Lipinski definition) is 5. The van der Waals surface area contributed by atoms with Gasteiger partial charge >= 0.3 is 0 Å². The van der Waals surface area contributed by atoms with E-state index in [1.165, 1.54) is 13.2 Å². The number of aryl methyl sites for hydroxylation is 1. The number of ether oxygens (including phenoxy) is 1. The minimum Gasteiger partial charge on any atom is -0.504 e. The van der Waals surface area contributed by atoms with Crippen LogP contribution in [0.2, 0.25) is 0 Å². The summed E-state index contributed by atoms with van der Waals surface area (Å²) in [6.07, 6.45) is 2.84. The molecule has 7 heteroatoms. The Hall–Kier alpha value is -2.83. The number of phenolic OH excluding ortho intramolecular Hbond substituents is 1. The number of nitrogens with zero attached hydrogens (tertiary/aromatic N) is 2. The highest BCUT2D eigenvalue weighted by atomic mass is 16.5. The predicted molar refractivity (Wildman–Crippen MR) is 84.9 cm³/mol. The molecule has 2 aromatic rings. The fourth-order valence-corrected chi connectivity index (χ4v) is 2.66. The van der Waals surface area contributed by atoms with Gasteiger partial charge in [0.05, 0.1) is 12.8 Å². The molecule has 0 bridgehead atoms. The van der Waals surface area contributed by atoms with Crippen LogP contribution in [0.15, 0.2) is 23.3 Å². The van der Waals surface area contributed by atoms with Crippen molar-refractivity contribution in [2.45, 2.75) is 26.2 Å². The second-order valence-corrected chi connectivity index (χ2v) is 5.41. The van der Waals surface area contributed by atoms with Crippen LogP contribution in [0.5, 0.6) is 11.5 Å². The van der Waals surface area contributed by atoms with Gasteiger partial charge in [0.1, 0.15) is 0 Å². The predicted octanol–water partition coefficient (Wildman–Crippen LogP) is 1.77. The average molecular weight is 314 g/mol. The van der Waals surface area contributed by atoms with Crippen molar-refractivity contribution in [1.82, 2.24) is 15.6 Å². The van der Waals surface area contributed by atoms with Crippen LogP contribution in [-0.2, 0) is 12.8 Å². The third-order valence-corrected chi connectivity index (χ3v) is 3.94. The first-order valence-electron chi connectivity index (χ1n) is 7.38. The zero-order valence-corrected chi connectivity index (χ0v) is 13.0. The van der Waals surface area contributed by atoms with Gasteiger partial charge in [-0.05, 0) is 44.4 Å². The van der Waals surface area contributed by atoms with Crippen LogP contribution in [-0.4, -0.2) is 34.0 Å². The van der Waals surface area contributed by atoms with Gasteiger partial charge in [0.2, 0.25) is 0 Å². The van der Waals surface area contributed by atoms with E-state index < -0.39 is 0 Å². The summed E-state index contributed by atoms with van der Waals surface area (Å²) >= 11 is 0. The number of aromatic hydroxyl groups is 1. The summed E-state index contributed by atoms with van der Waals surface area (Å²) in [5.41, 5.74) is 6.31. The van der Waals surface area contributed by atoms with Crippen molar-refractivity contribution in [3.63, 3.8) is 0 Å². The van der Waals surface area contributed by atoms with Crippen LogP contribution in [0, 0.1) is 0 Å². The molecule has 0 atom stereocenters. The summed E-state index contributed by atoms with van der Waals surface area (Å²) in [7, 11) is 1.48. The van der Waals surface area contributed by atoms with Gasteiger partial charge in [-0.15, -0.1) is 0 Å². The van der Waals surface area contributed by atoms with Gasteiger partial charge in [-0.25, -0.2) is 5.43 Å². The van der Waals surface area contributed by atoms with E-state index in [0.717, 1.165) is 36.1 Å². The Morgan fingerprint density at radius 3 is 3.04 bits per heavy atom. The van der Waals surface area contributed by atoms with Crippen molar-refractivity contribution >= 4 is 11.6 Å². The van der Waals surface area contributed by atoms with Gasteiger partial charge in [0.15, 0.2) is 17.2 Å². The number of fused-ring (bicyclic) bond motifs is 1. The molecule has 0 unspecified atom stereocenters. The molecule has 1 aromatic carbocycles. The molecule has 1 heterocycles. The molecule has 120 valence electrons. The highest BCUT2D eigenvalue weighted by Crippen LogP contribution is 2.26. The minimum atomic E-state index is -0.325. The summed E-state index contributed by atoms with van der Waals surface area (Å²) in [5, 5.41) is 20.7. The zero-order chi connectivity index (χ0) is 16.4. The number of methoxy groups -OCH3 is 1. The molecular formula is C16H18N4O3. The Morgan fingerprint density at radius 2 is 2.26 bits per heavy atom. The molecule has 23 heavy (non-hydrogen) atoms. The fourth-order valence-electron chi connectivity index (χ4n) is 2.66. The molecule has 1 amide bonds. The van der Waals surface area contributed by atoms with Gasteiger partial charge in [0.25, 0.3) is 5.91 Å². The van der Waals surface area contributed by atoms with Crippen molar-refractivity contribution in [1.29, 1.82) is 0 Å². The van der Waals surface area contributed by atoms with Gasteiger partial charge in [-0.2, -0.15) is 10.2 Å². The molecule has 1 aliphatic carbocycles. The summed E-state index contributed by atoms with van der Waals surface area (Å²) in [4.78, 5) is 12.2. The second-order valence-electron chi connectivity index (χ2n) is 5.41. The van der Waals surface area contributed by atoms with Crippen LogP contribution >= 0.6 is 0 Å². The maximum atomic E-state index is 12.2. The Morgan fingerprint density at radius 1 is 1.43 bits per heavy atom. The number of aromatic nitrogens is 2. The third kappa shape index (κ3) is 2.90. The number of hydrogen-bond donors (Lipinski definition) is 3. The summed E-state index contributed by atoms with van der Waals surface area (Å²) in [6, 6.07) is 4.89. The van der Waals surface area contributed by atoms with E-state index >= 15 is 0 Å². The van der Waals surface area contributed by atoms with Crippen LogP contribution in [0.3, 0.4) is 0 Å². The molecule has 1 aromatic heterocycles. The number of nitrogens with one attached hydrogen (secondary N) is 2. The summed E-state index contributed by atoms with van der Waals surface area (Å²) in [5.74, 6) is 0.0863. The van der Waals surface area contributed by atoms with Crippen molar-refractivity contribution < 1.29 is 14.6 Å². The van der Waals surface area contributed by atoms with E-state index in [-0.39, 0.29) is 11.7 Å². The standard InChI is InChI=1S/C16H18N4O3/c1-9(10-6-7-13(21)14(8-10)23-2)17-20-16(22)15-11-4-3-5-12(11)18-19-15/h6-8,21H,3-5H2,1-2H3,(H,18,19)(H,20,22)/b17-9+. The van der Waals surface area contributed by atoms with Crippen molar-refractivity contribution in [2.24, 2.45) is 5.10 Å². The van der Waals surface area contributed by atoms with Crippen molar-refractivity contribution in [3.8, 4) is 11.5 Å². The van der Waals surface area contributed by atoms with E-state index in [4.69, 9.17) is 4.74 Å². The summed E-state index contributed by atoms with van der Waals surface area (Å²) < 4.78 is 5.06. The van der Waals surface area contributed by atoms with Crippen molar-refractivity contribution in [3.05, 3.63) is 40.7 Å². The highest BCUT2D eigenvalue weighted by molar-refractivity contribution is 6.01. The number of aromatic amines is 1. The number of carbonyl (C=O) groups is 1. The molecule has 7 nitrogen and oxygen atoms in total. The second kappa shape index (κ2) is 6.12. The Labute approximate surface area is 133 Å². The van der Waals surface area contributed by atoms with Crippen LogP contribution < -0.4 is 10.2 Å². The van der Waals surface area contributed by atoms with Gasteiger partial charge in [-0.3, -0.25) is 9.89 Å². The third-order valence-electron chi connectivity index (χ3n) is 3.94. The summed E-state index contributed by atoms with van der Waals surface area (Å²) in [6.45, 7) is 1.76. The fraction of sp³-hybridized carbons (Fsp3) is 0.312. The Balaban J connectivity index is 1.75. The topological polar surface area (TPSA) is 99.6 Å². The normalized spacial score (nSPS) is 13.7. The quantitative estimate of drug-likeness (QED) is 0.591. The molecule has 0 saturated carbocycles. The van der Waals surface area contributed by atoms with Crippen LogP contribution in [0.4, 0.5) is 0 Å². The minimum absolute atomic E-state index is 0.0557. The maximum Gasteiger partial charge on any atom is 0.292 e. The number of H-pyrrole nitrogens is 1.